The van der Waals surface area contributed by atoms with Crippen LogP contribution in [0.1, 0.15) is 5.76 Å². The quantitative estimate of drug-likeness (QED) is 0.504. The van der Waals surface area contributed by atoms with Crippen molar-refractivity contribution in [3.05, 3.63) is 45.2 Å². The fraction of sp³-hybridized carbons (Fsp3) is 0. The molecule has 3 aromatic rings. The Morgan fingerprint density at radius 1 is 1.32 bits per heavy atom. The Hall–Kier alpha value is -1.18. The van der Waals surface area contributed by atoms with Crippen molar-refractivity contribution in [1.82, 2.24) is 4.98 Å². The second-order valence-electron chi connectivity index (χ2n) is 3.63. The topological polar surface area (TPSA) is 50.4 Å². The molecule has 0 aliphatic carbocycles. The van der Waals surface area contributed by atoms with Gasteiger partial charge in [-0.2, -0.15) is 5.10 Å². The minimum absolute atomic E-state index is 0.646. The first kappa shape index (κ1) is 12.8. The second-order valence-corrected chi connectivity index (χ2v) is 6.23. The Kier molecular flexibility index (Phi) is 3.67. The summed E-state index contributed by atoms with van der Waals surface area (Å²) in [5.74, 6) is 0.646. The van der Waals surface area contributed by atoms with E-state index < -0.39 is 0 Å². The molecule has 1 N–H and O–H groups in total. The molecule has 4 nitrogen and oxygen atoms in total. The van der Waals surface area contributed by atoms with Crippen molar-refractivity contribution >= 4 is 64.8 Å². The van der Waals surface area contributed by atoms with Crippen molar-refractivity contribution in [2.75, 3.05) is 5.43 Å². The van der Waals surface area contributed by atoms with Crippen LogP contribution in [0.25, 0.3) is 10.2 Å². The Morgan fingerprint density at radius 3 is 2.89 bits per heavy atom. The molecule has 0 amide bonds. The fourth-order valence-corrected chi connectivity index (χ4v) is 2.92. The van der Waals surface area contributed by atoms with Gasteiger partial charge in [-0.1, -0.05) is 23.5 Å². The largest absolute Gasteiger partial charge is 0.447 e. The Balaban J connectivity index is 1.74. The van der Waals surface area contributed by atoms with Gasteiger partial charge in [-0.25, -0.2) is 4.98 Å². The number of aromatic nitrogens is 1. The van der Waals surface area contributed by atoms with Gasteiger partial charge < -0.3 is 4.42 Å². The summed E-state index contributed by atoms with van der Waals surface area (Å²) < 4.78 is 8.01. The smallest absolute Gasteiger partial charge is 0.204 e. The molecular formula is C12H7Br2N3OS. The van der Waals surface area contributed by atoms with Gasteiger partial charge in [0.2, 0.25) is 5.13 Å². The number of halogens is 2. The predicted octanol–water partition coefficient (Wildman–Crippen LogP) is 4.86. The second kappa shape index (κ2) is 5.44. The Bertz CT molecular complexity index is 698. The summed E-state index contributed by atoms with van der Waals surface area (Å²) in [6.07, 6.45) is 1.60. The van der Waals surface area contributed by atoms with E-state index in [1.165, 1.54) is 0 Å². The van der Waals surface area contributed by atoms with Gasteiger partial charge in [-0.15, -0.1) is 0 Å². The maximum absolute atomic E-state index is 5.37. The van der Waals surface area contributed by atoms with Gasteiger partial charge in [0, 0.05) is 6.07 Å². The highest BCUT2D eigenvalue weighted by molar-refractivity contribution is 9.13. The van der Waals surface area contributed by atoms with Gasteiger partial charge in [0.1, 0.15) is 5.76 Å². The molecule has 0 atom stereocenters. The fourth-order valence-electron chi connectivity index (χ4n) is 1.50. The number of hydrogen-bond acceptors (Lipinski definition) is 5. The van der Waals surface area contributed by atoms with E-state index in [4.69, 9.17) is 4.42 Å². The zero-order chi connectivity index (χ0) is 13.2. The number of benzene rings is 1. The molecule has 2 aromatic heterocycles. The highest BCUT2D eigenvalue weighted by Gasteiger charge is 2.04. The zero-order valence-electron chi connectivity index (χ0n) is 9.43. The number of hydrogen-bond donors (Lipinski definition) is 1. The van der Waals surface area contributed by atoms with Gasteiger partial charge in [-0.05, 0) is 44.0 Å². The molecule has 1 aromatic carbocycles. The van der Waals surface area contributed by atoms with Gasteiger partial charge in [0.05, 0.1) is 20.9 Å². The summed E-state index contributed by atoms with van der Waals surface area (Å²) >= 11 is 8.17. The number of nitrogens with one attached hydrogen (secondary N) is 1. The van der Waals surface area contributed by atoms with Crippen LogP contribution < -0.4 is 5.43 Å². The van der Waals surface area contributed by atoms with Crippen LogP contribution in [0.5, 0.6) is 0 Å². The zero-order valence-corrected chi connectivity index (χ0v) is 13.4. The number of furan rings is 1. The Labute approximate surface area is 129 Å². The Morgan fingerprint density at radius 2 is 2.16 bits per heavy atom. The van der Waals surface area contributed by atoms with E-state index in [9.17, 15) is 0 Å². The van der Waals surface area contributed by atoms with Crippen molar-refractivity contribution in [3.63, 3.8) is 0 Å². The maximum atomic E-state index is 5.37. The third kappa shape index (κ3) is 2.88. The van der Waals surface area contributed by atoms with Crippen LogP contribution in [0.4, 0.5) is 5.13 Å². The van der Waals surface area contributed by atoms with Gasteiger partial charge in [-0.3, -0.25) is 5.43 Å². The number of rotatable bonds is 3. The van der Waals surface area contributed by atoms with E-state index in [-0.39, 0.29) is 0 Å². The summed E-state index contributed by atoms with van der Waals surface area (Å²) in [7, 11) is 0. The standard InChI is InChI=1S/C12H7Br2N3OS/c13-8-5-7(18-11(8)14)6-15-17-12-16-9-3-1-2-4-10(9)19-12/h1-6H,(H,16,17)/b15-6-. The minimum Gasteiger partial charge on any atom is -0.447 e. The van der Waals surface area contributed by atoms with E-state index in [1.807, 2.05) is 30.3 Å². The van der Waals surface area contributed by atoms with Crippen molar-refractivity contribution < 1.29 is 4.42 Å². The van der Waals surface area contributed by atoms with Gasteiger partial charge in [0.25, 0.3) is 0 Å². The molecule has 2 heterocycles. The minimum atomic E-state index is 0.646. The normalized spacial score (nSPS) is 11.5. The molecule has 0 aliphatic rings. The molecule has 0 saturated carbocycles. The lowest BCUT2D eigenvalue weighted by atomic mass is 10.3. The van der Waals surface area contributed by atoms with E-state index in [0.29, 0.717) is 10.4 Å². The average molecular weight is 401 g/mol. The molecule has 96 valence electrons. The lowest BCUT2D eigenvalue weighted by molar-refractivity contribution is 0.533. The van der Waals surface area contributed by atoms with E-state index in [1.54, 1.807) is 17.6 Å². The third-order valence-corrected chi connectivity index (χ3v) is 4.96. The first-order valence-electron chi connectivity index (χ1n) is 5.32. The van der Waals surface area contributed by atoms with E-state index >= 15 is 0 Å². The van der Waals surface area contributed by atoms with Crippen molar-refractivity contribution in [1.29, 1.82) is 0 Å². The molecule has 19 heavy (non-hydrogen) atoms. The number of hydrazone groups is 1. The molecule has 7 heteroatoms. The molecule has 0 spiro atoms. The molecule has 0 aliphatic heterocycles. The van der Waals surface area contributed by atoms with Crippen molar-refractivity contribution in [2.45, 2.75) is 0 Å². The average Bonchev–Trinajstić information content (AvgIpc) is 2.93. The molecule has 3 rings (SSSR count). The van der Waals surface area contributed by atoms with Crippen LogP contribution in [-0.2, 0) is 0 Å². The molecular weight excluding hydrogens is 394 g/mol. The maximum Gasteiger partial charge on any atom is 0.204 e. The lowest BCUT2D eigenvalue weighted by Crippen LogP contribution is -1.88. The molecule has 0 bridgehead atoms. The molecule has 0 fully saturated rings. The van der Waals surface area contributed by atoms with Crippen LogP contribution in [0.2, 0.25) is 0 Å². The highest BCUT2D eigenvalue weighted by atomic mass is 79.9. The van der Waals surface area contributed by atoms with Gasteiger partial charge >= 0.3 is 0 Å². The first-order valence-corrected chi connectivity index (χ1v) is 7.72. The third-order valence-electron chi connectivity index (χ3n) is 2.31. The summed E-state index contributed by atoms with van der Waals surface area (Å²) in [5.41, 5.74) is 3.86. The van der Waals surface area contributed by atoms with E-state index in [2.05, 4.69) is 47.4 Å². The summed E-state index contributed by atoms with van der Waals surface area (Å²) in [4.78, 5) is 4.41. The number of fused-ring (bicyclic) bond motifs is 1. The summed E-state index contributed by atoms with van der Waals surface area (Å²) in [6, 6.07) is 9.79. The number of thiazole rings is 1. The molecule has 0 radical (unpaired) electrons. The summed E-state index contributed by atoms with van der Waals surface area (Å²) in [6.45, 7) is 0. The monoisotopic (exact) mass is 399 g/mol. The van der Waals surface area contributed by atoms with Crippen LogP contribution in [0.3, 0.4) is 0 Å². The van der Waals surface area contributed by atoms with Crippen LogP contribution >= 0.6 is 43.2 Å². The number of anilines is 1. The van der Waals surface area contributed by atoms with Gasteiger partial charge in [0.15, 0.2) is 4.67 Å². The molecule has 0 saturated heterocycles. The number of nitrogens with zero attached hydrogens (tertiary/aromatic N) is 2. The van der Waals surface area contributed by atoms with Crippen LogP contribution in [-0.4, -0.2) is 11.2 Å². The van der Waals surface area contributed by atoms with Crippen LogP contribution in [0.15, 0.2) is 49.0 Å². The van der Waals surface area contributed by atoms with Crippen molar-refractivity contribution in [3.8, 4) is 0 Å². The SMILES string of the molecule is Brc1cc(/C=N\Nc2nc3ccccc3s2)oc1Br. The van der Waals surface area contributed by atoms with Crippen LogP contribution in [0, 0.1) is 0 Å². The first-order chi connectivity index (χ1) is 9.22. The lowest BCUT2D eigenvalue weighted by Gasteiger charge is -1.90. The number of para-hydroxylation sites is 1. The van der Waals surface area contributed by atoms with E-state index in [0.717, 1.165) is 19.8 Å². The summed E-state index contributed by atoms with van der Waals surface area (Å²) in [5, 5.41) is 4.85. The predicted molar refractivity (Wildman–Crippen MR) is 84.9 cm³/mol. The highest BCUT2D eigenvalue weighted by Crippen LogP contribution is 2.27. The van der Waals surface area contributed by atoms with Crippen molar-refractivity contribution in [2.24, 2.45) is 5.10 Å². The molecule has 0 unspecified atom stereocenters.